The smallest absolute Gasteiger partial charge is 0.332 e. The first-order chi connectivity index (χ1) is 15.1. The van der Waals surface area contributed by atoms with E-state index in [0.29, 0.717) is 17.7 Å². The molecule has 1 saturated heterocycles. The van der Waals surface area contributed by atoms with E-state index in [-0.39, 0.29) is 23.7 Å². The van der Waals surface area contributed by atoms with Gasteiger partial charge in [-0.1, -0.05) is 12.8 Å². The molecule has 10 heteroatoms. The number of aromatic nitrogens is 4. The SMILES string of the molecule is Cl.Cn1c(=O)c2c(nc(N3CCCCC3)n2CCCNC2=NCCCCCC2)n(C)c1=O. The summed E-state index contributed by atoms with van der Waals surface area (Å²) in [4.78, 5) is 37.2. The van der Waals surface area contributed by atoms with Gasteiger partial charge in [0, 0.05) is 53.2 Å². The molecule has 1 fully saturated rings. The Morgan fingerprint density at radius 3 is 2.44 bits per heavy atom. The fraction of sp³-hybridized carbons (Fsp3) is 0.727. The molecule has 0 aliphatic carbocycles. The highest BCUT2D eigenvalue weighted by Crippen LogP contribution is 2.23. The molecule has 2 aliphatic rings. The molecule has 0 radical (unpaired) electrons. The highest BCUT2D eigenvalue weighted by molar-refractivity contribution is 5.85. The zero-order valence-corrected chi connectivity index (χ0v) is 20.1. The first-order valence-electron chi connectivity index (χ1n) is 11.8. The van der Waals surface area contributed by atoms with Crippen LogP contribution in [0.5, 0.6) is 0 Å². The van der Waals surface area contributed by atoms with Crippen molar-refractivity contribution in [2.75, 3.05) is 31.1 Å². The second kappa shape index (κ2) is 11.0. The molecule has 0 spiro atoms. The third-order valence-electron chi connectivity index (χ3n) is 6.48. The minimum Gasteiger partial charge on any atom is -0.374 e. The largest absolute Gasteiger partial charge is 0.374 e. The van der Waals surface area contributed by atoms with Crippen LogP contribution in [0.25, 0.3) is 11.2 Å². The average Bonchev–Trinajstić information content (AvgIpc) is 3.15. The van der Waals surface area contributed by atoms with E-state index < -0.39 is 0 Å². The summed E-state index contributed by atoms with van der Waals surface area (Å²) in [6.45, 7) is 4.27. The van der Waals surface area contributed by atoms with Crippen LogP contribution in [-0.2, 0) is 20.6 Å². The maximum absolute atomic E-state index is 13.0. The molecule has 0 saturated carbocycles. The summed E-state index contributed by atoms with van der Waals surface area (Å²) >= 11 is 0. The van der Waals surface area contributed by atoms with E-state index in [0.717, 1.165) is 63.6 Å². The molecule has 32 heavy (non-hydrogen) atoms. The van der Waals surface area contributed by atoms with Crippen molar-refractivity contribution in [1.29, 1.82) is 0 Å². The summed E-state index contributed by atoms with van der Waals surface area (Å²) in [6.07, 6.45) is 10.3. The van der Waals surface area contributed by atoms with Crippen molar-refractivity contribution < 1.29 is 0 Å². The summed E-state index contributed by atoms with van der Waals surface area (Å²) < 4.78 is 4.70. The van der Waals surface area contributed by atoms with E-state index in [2.05, 4.69) is 10.2 Å². The first kappa shape index (κ1) is 24.4. The Morgan fingerprint density at radius 2 is 1.66 bits per heavy atom. The van der Waals surface area contributed by atoms with Gasteiger partial charge in [-0.3, -0.25) is 18.9 Å². The van der Waals surface area contributed by atoms with Gasteiger partial charge in [0.1, 0.15) is 0 Å². The third kappa shape index (κ3) is 5.03. The van der Waals surface area contributed by atoms with Crippen molar-refractivity contribution in [1.82, 2.24) is 24.0 Å². The zero-order valence-electron chi connectivity index (χ0n) is 19.3. The second-order valence-electron chi connectivity index (χ2n) is 8.76. The van der Waals surface area contributed by atoms with Crippen LogP contribution in [0.2, 0.25) is 0 Å². The van der Waals surface area contributed by atoms with Crippen LogP contribution in [0.3, 0.4) is 0 Å². The van der Waals surface area contributed by atoms with Crippen LogP contribution in [0.15, 0.2) is 14.6 Å². The summed E-state index contributed by atoms with van der Waals surface area (Å²) in [6, 6.07) is 0. The Balaban J connectivity index is 0.00000289. The molecule has 4 heterocycles. The molecule has 1 N–H and O–H groups in total. The number of nitrogens with one attached hydrogen (secondary N) is 1. The summed E-state index contributed by atoms with van der Waals surface area (Å²) in [5.41, 5.74) is 0.391. The van der Waals surface area contributed by atoms with Crippen LogP contribution in [0, 0.1) is 0 Å². The van der Waals surface area contributed by atoms with Crippen molar-refractivity contribution in [2.24, 2.45) is 19.1 Å². The molecule has 0 atom stereocenters. The van der Waals surface area contributed by atoms with Crippen LogP contribution < -0.4 is 21.5 Å². The first-order valence-corrected chi connectivity index (χ1v) is 11.8. The summed E-state index contributed by atoms with van der Waals surface area (Å²) in [5.74, 6) is 1.93. The predicted octanol–water partition coefficient (Wildman–Crippen LogP) is 2.19. The van der Waals surface area contributed by atoms with Gasteiger partial charge in [-0.05, 0) is 38.5 Å². The molecule has 2 aliphatic heterocycles. The molecular formula is C22H36ClN7O2. The van der Waals surface area contributed by atoms with Crippen LogP contribution in [-0.4, -0.2) is 50.7 Å². The van der Waals surface area contributed by atoms with E-state index in [1.54, 1.807) is 7.05 Å². The van der Waals surface area contributed by atoms with Gasteiger partial charge in [-0.2, -0.15) is 4.98 Å². The standard InChI is InChI=1S/C22H35N7O2.ClH/c1-26-19-18(20(30)27(2)22(26)31)29(21(25-19)28-14-8-5-9-15-28)16-10-13-24-17-11-6-3-4-7-12-23-17;/h3-16H2,1-2H3,(H,23,24);1H. The number of rotatable bonds is 5. The van der Waals surface area contributed by atoms with Crippen molar-refractivity contribution in [3.63, 3.8) is 0 Å². The number of hydrogen-bond acceptors (Lipinski definition) is 6. The minimum absolute atomic E-state index is 0. The van der Waals surface area contributed by atoms with Gasteiger partial charge in [-0.25, -0.2) is 4.79 Å². The number of nitrogens with zero attached hydrogens (tertiary/aromatic N) is 6. The Hall–Kier alpha value is -2.29. The lowest BCUT2D eigenvalue weighted by Gasteiger charge is -2.28. The zero-order chi connectivity index (χ0) is 21.8. The lowest BCUT2D eigenvalue weighted by molar-refractivity contribution is 0.548. The van der Waals surface area contributed by atoms with Crippen molar-refractivity contribution in [2.45, 2.75) is 64.3 Å². The van der Waals surface area contributed by atoms with E-state index >= 15 is 0 Å². The number of halogens is 1. The molecular weight excluding hydrogens is 430 g/mol. The number of aliphatic imine (C=N–C) groups is 1. The fourth-order valence-electron chi connectivity index (χ4n) is 4.65. The van der Waals surface area contributed by atoms with E-state index in [1.807, 2.05) is 4.57 Å². The van der Waals surface area contributed by atoms with E-state index in [1.165, 1.54) is 48.3 Å². The maximum Gasteiger partial charge on any atom is 0.332 e. The molecule has 0 bridgehead atoms. The van der Waals surface area contributed by atoms with Crippen LogP contribution in [0.4, 0.5) is 5.95 Å². The lowest BCUT2D eigenvalue weighted by atomic mass is 10.1. The molecule has 0 unspecified atom stereocenters. The number of amidine groups is 1. The van der Waals surface area contributed by atoms with Gasteiger partial charge in [0.15, 0.2) is 11.2 Å². The fourth-order valence-corrected chi connectivity index (χ4v) is 4.65. The van der Waals surface area contributed by atoms with E-state index in [4.69, 9.17) is 9.98 Å². The quantitative estimate of drug-likeness (QED) is 0.683. The van der Waals surface area contributed by atoms with Gasteiger partial charge in [0.2, 0.25) is 5.95 Å². The summed E-state index contributed by atoms with van der Waals surface area (Å²) in [7, 11) is 3.23. The van der Waals surface area contributed by atoms with E-state index in [9.17, 15) is 9.59 Å². The van der Waals surface area contributed by atoms with Crippen LogP contribution >= 0.6 is 12.4 Å². The van der Waals surface area contributed by atoms with Crippen molar-refractivity contribution >= 4 is 35.4 Å². The van der Waals surface area contributed by atoms with Crippen LogP contribution in [0.1, 0.15) is 57.8 Å². The van der Waals surface area contributed by atoms with Crippen molar-refractivity contribution in [3.8, 4) is 0 Å². The number of aryl methyl sites for hydroxylation is 2. The van der Waals surface area contributed by atoms with Gasteiger partial charge in [0.25, 0.3) is 5.56 Å². The maximum atomic E-state index is 13.0. The number of imidazole rings is 1. The monoisotopic (exact) mass is 465 g/mol. The topological polar surface area (TPSA) is 89.4 Å². The Kier molecular flexibility index (Phi) is 8.39. The molecule has 0 aromatic carbocycles. The second-order valence-corrected chi connectivity index (χ2v) is 8.76. The lowest BCUT2D eigenvalue weighted by Crippen LogP contribution is -2.37. The predicted molar refractivity (Wildman–Crippen MR) is 132 cm³/mol. The van der Waals surface area contributed by atoms with Gasteiger partial charge >= 0.3 is 5.69 Å². The number of piperidine rings is 1. The molecule has 178 valence electrons. The number of anilines is 1. The van der Waals surface area contributed by atoms with Gasteiger partial charge < -0.3 is 14.8 Å². The molecule has 9 nitrogen and oxygen atoms in total. The normalized spacial score (nSPS) is 17.4. The summed E-state index contributed by atoms with van der Waals surface area (Å²) in [5, 5.41) is 3.51. The molecule has 0 amide bonds. The Bertz CT molecular complexity index is 1060. The van der Waals surface area contributed by atoms with Crippen molar-refractivity contribution in [3.05, 3.63) is 20.8 Å². The Morgan fingerprint density at radius 1 is 0.938 bits per heavy atom. The highest BCUT2D eigenvalue weighted by atomic mass is 35.5. The molecule has 4 rings (SSSR count). The highest BCUT2D eigenvalue weighted by Gasteiger charge is 2.23. The average molecular weight is 466 g/mol. The van der Waals surface area contributed by atoms with Gasteiger partial charge in [-0.15, -0.1) is 12.4 Å². The number of hydrogen-bond donors (Lipinski definition) is 1. The molecule has 2 aromatic rings. The molecule has 2 aromatic heterocycles. The number of fused-ring (bicyclic) bond motifs is 1. The third-order valence-corrected chi connectivity index (χ3v) is 6.48. The van der Waals surface area contributed by atoms with Gasteiger partial charge in [0.05, 0.1) is 5.84 Å². The minimum atomic E-state index is -0.337. The Labute approximate surface area is 194 Å².